The zero-order chi connectivity index (χ0) is 15.2. The molecule has 0 aromatic heterocycles. The molecule has 1 saturated heterocycles. The minimum atomic E-state index is -0.874. The molecule has 2 unspecified atom stereocenters. The number of carbonyl (C=O) groups is 2. The third-order valence-corrected chi connectivity index (χ3v) is 4.45. The molecule has 6 nitrogen and oxygen atoms in total. The van der Waals surface area contributed by atoms with Crippen molar-refractivity contribution in [3.05, 3.63) is 0 Å². The molecular weight excluding hydrogens is 260 g/mol. The van der Waals surface area contributed by atoms with E-state index in [4.69, 9.17) is 4.74 Å². The number of hydrogen-bond donors (Lipinski definition) is 3. The maximum absolute atomic E-state index is 11.8. The minimum Gasteiger partial charge on any atom is -0.481 e. The van der Waals surface area contributed by atoms with Gasteiger partial charge in [0.1, 0.15) is 0 Å². The third kappa shape index (κ3) is 4.10. The number of nitrogens with one attached hydrogen (secondary N) is 2. The van der Waals surface area contributed by atoms with Gasteiger partial charge in [-0.25, -0.2) is 4.79 Å². The van der Waals surface area contributed by atoms with Crippen LogP contribution in [0.3, 0.4) is 0 Å². The third-order valence-electron chi connectivity index (χ3n) is 4.45. The van der Waals surface area contributed by atoms with Crippen molar-refractivity contribution in [3.63, 3.8) is 0 Å². The van der Waals surface area contributed by atoms with Crippen molar-refractivity contribution in [2.75, 3.05) is 19.7 Å². The lowest BCUT2D eigenvalue weighted by molar-refractivity contribution is -0.149. The van der Waals surface area contributed by atoms with Crippen LogP contribution in [0.2, 0.25) is 0 Å². The minimum absolute atomic E-state index is 0.151. The Hall–Kier alpha value is -1.30. The van der Waals surface area contributed by atoms with Gasteiger partial charge in [0.15, 0.2) is 0 Å². The van der Waals surface area contributed by atoms with Crippen molar-refractivity contribution >= 4 is 12.0 Å². The summed E-state index contributed by atoms with van der Waals surface area (Å²) < 4.78 is 5.43. The highest BCUT2D eigenvalue weighted by molar-refractivity contribution is 5.78. The van der Waals surface area contributed by atoms with E-state index in [2.05, 4.69) is 10.6 Å². The van der Waals surface area contributed by atoms with E-state index in [1.165, 1.54) is 0 Å². The van der Waals surface area contributed by atoms with Gasteiger partial charge in [-0.1, -0.05) is 13.8 Å². The standard InChI is InChI=1S/C14H26N2O4/c1-4-14(5-2,12(17)18)9-16-13(19)15-8-11-6-7-20-10(11)3/h10-11H,4-9H2,1-3H3,(H,17,18)(H2,15,16,19). The largest absolute Gasteiger partial charge is 0.481 e. The summed E-state index contributed by atoms with van der Waals surface area (Å²) in [6.07, 6.45) is 2.10. The van der Waals surface area contributed by atoms with Gasteiger partial charge >= 0.3 is 12.0 Å². The first kappa shape index (κ1) is 16.8. The van der Waals surface area contributed by atoms with Gasteiger partial charge in [-0.05, 0) is 26.2 Å². The molecule has 3 N–H and O–H groups in total. The average Bonchev–Trinajstić information content (AvgIpc) is 2.83. The Morgan fingerprint density at radius 3 is 2.40 bits per heavy atom. The molecule has 0 aromatic carbocycles. The van der Waals surface area contributed by atoms with Crippen LogP contribution in [0.15, 0.2) is 0 Å². The fraction of sp³-hybridized carbons (Fsp3) is 0.857. The lowest BCUT2D eigenvalue weighted by Crippen LogP contribution is -2.47. The molecule has 1 rings (SSSR count). The van der Waals surface area contributed by atoms with Gasteiger partial charge in [0, 0.05) is 25.6 Å². The predicted molar refractivity (Wildman–Crippen MR) is 75.6 cm³/mol. The lowest BCUT2D eigenvalue weighted by Gasteiger charge is -2.27. The molecule has 116 valence electrons. The van der Waals surface area contributed by atoms with Crippen molar-refractivity contribution in [2.24, 2.45) is 11.3 Å². The van der Waals surface area contributed by atoms with Crippen LogP contribution in [0.5, 0.6) is 0 Å². The number of urea groups is 1. The van der Waals surface area contributed by atoms with Crippen molar-refractivity contribution in [2.45, 2.75) is 46.1 Å². The van der Waals surface area contributed by atoms with Crippen LogP contribution in [-0.2, 0) is 9.53 Å². The van der Waals surface area contributed by atoms with Gasteiger partial charge in [-0.3, -0.25) is 4.79 Å². The Morgan fingerprint density at radius 1 is 1.30 bits per heavy atom. The van der Waals surface area contributed by atoms with Crippen molar-refractivity contribution < 1.29 is 19.4 Å². The number of carboxylic acids is 1. The molecule has 0 aliphatic carbocycles. The summed E-state index contributed by atoms with van der Waals surface area (Å²) in [5, 5.41) is 14.8. The summed E-state index contributed by atoms with van der Waals surface area (Å²) in [5.41, 5.74) is -0.874. The van der Waals surface area contributed by atoms with Crippen LogP contribution in [0.4, 0.5) is 4.79 Å². The molecule has 0 bridgehead atoms. The number of carbonyl (C=O) groups excluding carboxylic acids is 1. The number of hydrogen-bond acceptors (Lipinski definition) is 3. The zero-order valence-corrected chi connectivity index (χ0v) is 12.6. The second-order valence-electron chi connectivity index (χ2n) is 5.48. The highest BCUT2D eigenvalue weighted by Gasteiger charge is 2.35. The predicted octanol–water partition coefficient (Wildman–Crippen LogP) is 1.60. The van der Waals surface area contributed by atoms with E-state index >= 15 is 0 Å². The van der Waals surface area contributed by atoms with Gasteiger partial charge in [0.05, 0.1) is 11.5 Å². The smallest absolute Gasteiger partial charge is 0.314 e. The number of rotatable bonds is 7. The van der Waals surface area contributed by atoms with E-state index in [1.54, 1.807) is 0 Å². The van der Waals surface area contributed by atoms with Gasteiger partial charge in [0.2, 0.25) is 0 Å². The van der Waals surface area contributed by atoms with Crippen LogP contribution >= 0.6 is 0 Å². The molecule has 1 aliphatic rings. The first-order valence-corrected chi connectivity index (χ1v) is 7.32. The SMILES string of the molecule is CCC(CC)(CNC(=O)NCC1CCOC1C)C(=O)O. The molecule has 20 heavy (non-hydrogen) atoms. The summed E-state index contributed by atoms with van der Waals surface area (Å²) >= 11 is 0. The van der Waals surface area contributed by atoms with Gasteiger partial charge in [-0.2, -0.15) is 0 Å². The number of amides is 2. The molecular formula is C14H26N2O4. The Bertz CT molecular complexity index is 342. The summed E-state index contributed by atoms with van der Waals surface area (Å²) in [6, 6.07) is -0.309. The van der Waals surface area contributed by atoms with Crippen LogP contribution in [0, 0.1) is 11.3 Å². The van der Waals surface area contributed by atoms with Crippen LogP contribution < -0.4 is 10.6 Å². The highest BCUT2D eigenvalue weighted by atomic mass is 16.5. The molecule has 1 aliphatic heterocycles. The van der Waals surface area contributed by atoms with Crippen LogP contribution in [0.1, 0.15) is 40.0 Å². The molecule has 0 radical (unpaired) electrons. The summed E-state index contributed by atoms with van der Waals surface area (Å²) in [4.78, 5) is 23.1. The highest BCUT2D eigenvalue weighted by Crippen LogP contribution is 2.25. The first-order valence-electron chi connectivity index (χ1n) is 7.32. The molecule has 1 fully saturated rings. The van der Waals surface area contributed by atoms with Gasteiger partial charge < -0.3 is 20.5 Å². The molecule has 0 spiro atoms. The molecule has 0 aromatic rings. The number of carboxylic acid groups (broad SMARTS) is 1. The van der Waals surface area contributed by atoms with E-state index in [0.717, 1.165) is 13.0 Å². The number of aliphatic carboxylic acids is 1. The quantitative estimate of drug-likeness (QED) is 0.663. The second kappa shape index (κ2) is 7.47. The summed E-state index contributed by atoms with van der Waals surface area (Å²) in [6.45, 7) is 7.11. The van der Waals surface area contributed by atoms with E-state index in [1.807, 2.05) is 20.8 Å². The van der Waals surface area contributed by atoms with Gasteiger partial charge in [-0.15, -0.1) is 0 Å². The van der Waals surface area contributed by atoms with Crippen molar-refractivity contribution in [1.82, 2.24) is 10.6 Å². The molecule has 2 atom stereocenters. The van der Waals surface area contributed by atoms with Crippen LogP contribution in [0.25, 0.3) is 0 Å². The first-order chi connectivity index (χ1) is 9.45. The second-order valence-corrected chi connectivity index (χ2v) is 5.48. The maximum atomic E-state index is 11.8. The maximum Gasteiger partial charge on any atom is 0.314 e. The normalized spacial score (nSPS) is 22.6. The van der Waals surface area contributed by atoms with Gasteiger partial charge in [0.25, 0.3) is 0 Å². The fourth-order valence-electron chi connectivity index (χ4n) is 2.46. The fourth-order valence-corrected chi connectivity index (χ4v) is 2.46. The molecule has 0 saturated carbocycles. The van der Waals surface area contributed by atoms with E-state index < -0.39 is 11.4 Å². The van der Waals surface area contributed by atoms with Crippen LogP contribution in [-0.4, -0.2) is 42.9 Å². The molecule has 1 heterocycles. The number of ether oxygens (including phenoxy) is 1. The van der Waals surface area contributed by atoms with E-state index in [0.29, 0.717) is 25.3 Å². The Morgan fingerprint density at radius 2 is 1.95 bits per heavy atom. The Balaban J connectivity index is 2.36. The topological polar surface area (TPSA) is 87.7 Å². The molecule has 6 heteroatoms. The van der Waals surface area contributed by atoms with Crippen molar-refractivity contribution in [3.8, 4) is 0 Å². The monoisotopic (exact) mass is 286 g/mol. The summed E-state index contributed by atoms with van der Waals surface area (Å²) in [7, 11) is 0. The lowest BCUT2D eigenvalue weighted by atomic mass is 9.82. The molecule has 2 amide bonds. The van der Waals surface area contributed by atoms with E-state index in [9.17, 15) is 14.7 Å². The zero-order valence-electron chi connectivity index (χ0n) is 12.6. The average molecular weight is 286 g/mol. The van der Waals surface area contributed by atoms with Crippen molar-refractivity contribution in [1.29, 1.82) is 0 Å². The Labute approximate surface area is 120 Å². The van der Waals surface area contributed by atoms with E-state index in [-0.39, 0.29) is 18.7 Å². The summed E-state index contributed by atoms with van der Waals surface area (Å²) in [5.74, 6) is -0.525. The Kier molecular flexibility index (Phi) is 6.26.